The molecule has 1 aromatic heterocycles. The van der Waals surface area contributed by atoms with Crippen LogP contribution < -0.4 is 10.9 Å². The van der Waals surface area contributed by atoms with Gasteiger partial charge in [0.2, 0.25) is 0 Å². The first-order valence-corrected chi connectivity index (χ1v) is 14.7. The topological polar surface area (TPSA) is 90.7 Å². The van der Waals surface area contributed by atoms with Gasteiger partial charge in [-0.15, -0.1) is 0 Å². The van der Waals surface area contributed by atoms with E-state index in [2.05, 4.69) is 16.9 Å². The first-order valence-electron chi connectivity index (χ1n) is 14.7. The molecule has 224 valence electrons. The molecular formula is C32H39F2N5O3. The number of hydrogen-bond acceptors (Lipinski definition) is 5. The summed E-state index contributed by atoms with van der Waals surface area (Å²) in [6.45, 7) is 8.08. The predicted molar refractivity (Wildman–Crippen MR) is 158 cm³/mol. The zero-order valence-corrected chi connectivity index (χ0v) is 24.1. The van der Waals surface area contributed by atoms with Gasteiger partial charge >= 0.3 is 6.03 Å². The Bertz CT molecular complexity index is 1450. The van der Waals surface area contributed by atoms with E-state index in [4.69, 9.17) is 0 Å². The van der Waals surface area contributed by atoms with Gasteiger partial charge in [-0.2, -0.15) is 0 Å². The molecule has 2 N–H and O–H groups in total. The number of piperidine rings is 1. The predicted octanol–water partition coefficient (Wildman–Crippen LogP) is 4.43. The van der Waals surface area contributed by atoms with Crippen LogP contribution in [0.1, 0.15) is 39.0 Å². The molecule has 3 heterocycles. The van der Waals surface area contributed by atoms with E-state index in [1.807, 2.05) is 0 Å². The Balaban J connectivity index is 1.35. The molecule has 3 aliphatic rings. The second kappa shape index (κ2) is 12.3. The van der Waals surface area contributed by atoms with Crippen molar-refractivity contribution in [2.45, 2.75) is 57.2 Å². The fraction of sp³-hybridized carbons (Fsp3) is 0.469. The number of nitrogens with one attached hydrogen (secondary N) is 1. The summed E-state index contributed by atoms with van der Waals surface area (Å²) < 4.78 is 29.9. The summed E-state index contributed by atoms with van der Waals surface area (Å²) in [7, 11) is 0. The molecule has 1 aliphatic carbocycles. The number of aliphatic hydroxyl groups is 1. The van der Waals surface area contributed by atoms with E-state index in [9.17, 15) is 23.5 Å². The molecular weight excluding hydrogens is 540 g/mol. The molecule has 10 heteroatoms. The minimum absolute atomic E-state index is 0.0422. The van der Waals surface area contributed by atoms with Crippen LogP contribution >= 0.6 is 0 Å². The van der Waals surface area contributed by atoms with E-state index in [1.165, 1.54) is 35.2 Å². The molecule has 3 fully saturated rings. The summed E-state index contributed by atoms with van der Waals surface area (Å²) in [4.78, 5) is 34.9. The van der Waals surface area contributed by atoms with Crippen molar-refractivity contribution in [3.63, 3.8) is 0 Å². The monoisotopic (exact) mass is 579 g/mol. The zero-order chi connectivity index (χ0) is 29.9. The van der Waals surface area contributed by atoms with Gasteiger partial charge in [0.1, 0.15) is 11.6 Å². The number of likely N-dealkylation sites (tertiary alicyclic amines) is 1. The number of urea groups is 1. The first-order chi connectivity index (χ1) is 20.2. The van der Waals surface area contributed by atoms with Gasteiger partial charge in [-0.1, -0.05) is 37.6 Å². The van der Waals surface area contributed by atoms with Crippen molar-refractivity contribution in [2.24, 2.45) is 5.41 Å². The quantitative estimate of drug-likeness (QED) is 0.495. The average Bonchev–Trinajstić information content (AvgIpc) is 3.46. The number of halogens is 2. The largest absolute Gasteiger partial charge is 0.387 e. The van der Waals surface area contributed by atoms with Gasteiger partial charge < -0.3 is 20.2 Å². The molecule has 2 saturated heterocycles. The van der Waals surface area contributed by atoms with E-state index >= 15 is 0 Å². The van der Waals surface area contributed by atoms with E-state index in [0.717, 1.165) is 25.7 Å². The Labute approximate surface area is 245 Å². The molecule has 5 rings (SSSR count). The fourth-order valence-electron chi connectivity index (χ4n) is 6.83. The highest BCUT2D eigenvalue weighted by Crippen LogP contribution is 2.51. The van der Waals surface area contributed by atoms with Crippen molar-refractivity contribution in [3.8, 4) is 11.3 Å². The highest BCUT2D eigenvalue weighted by Gasteiger charge is 2.56. The minimum atomic E-state index is -1.23. The van der Waals surface area contributed by atoms with Crippen LogP contribution in [0.4, 0.5) is 13.6 Å². The molecule has 0 unspecified atom stereocenters. The number of benzene rings is 1. The Morgan fingerprint density at radius 2 is 2.00 bits per heavy atom. The third kappa shape index (κ3) is 5.83. The van der Waals surface area contributed by atoms with Gasteiger partial charge in [-0.3, -0.25) is 9.36 Å². The summed E-state index contributed by atoms with van der Waals surface area (Å²) >= 11 is 0. The smallest absolute Gasteiger partial charge is 0.320 e. The Hall–Kier alpha value is -3.63. The molecule has 2 amide bonds. The molecule has 0 bridgehead atoms. The summed E-state index contributed by atoms with van der Waals surface area (Å²) in [6, 6.07) is 6.92. The van der Waals surface area contributed by atoms with Crippen molar-refractivity contribution in [3.05, 3.63) is 89.0 Å². The second-order valence-electron chi connectivity index (χ2n) is 11.7. The van der Waals surface area contributed by atoms with Gasteiger partial charge in [0.05, 0.1) is 30.2 Å². The average molecular weight is 580 g/mol. The molecule has 8 nitrogen and oxygen atoms in total. The maximum Gasteiger partial charge on any atom is 0.320 e. The van der Waals surface area contributed by atoms with Gasteiger partial charge in [0.25, 0.3) is 5.56 Å². The zero-order valence-electron chi connectivity index (χ0n) is 24.1. The summed E-state index contributed by atoms with van der Waals surface area (Å²) in [5, 5.41) is 15.4. The van der Waals surface area contributed by atoms with Gasteiger partial charge in [0, 0.05) is 49.8 Å². The van der Waals surface area contributed by atoms with Crippen molar-refractivity contribution in [1.29, 1.82) is 0 Å². The third-order valence-corrected chi connectivity index (χ3v) is 9.13. The van der Waals surface area contributed by atoms with Gasteiger partial charge in [0.15, 0.2) is 0 Å². The Morgan fingerprint density at radius 1 is 1.24 bits per heavy atom. The van der Waals surface area contributed by atoms with Crippen LogP contribution in [0.15, 0.2) is 77.7 Å². The SMILES string of the molecule is C=C(/C=C(F)\C=C/C)[C@@H]1CNCCN1C(=O)N1CC[C@@](O)(Cn2cnc(-c3ccccc3F)cc2=O)C2(CCCC2)C1. The first kappa shape index (κ1) is 29.8. The molecule has 2 aliphatic heterocycles. The Morgan fingerprint density at radius 3 is 2.71 bits per heavy atom. The maximum absolute atomic E-state index is 14.3. The van der Waals surface area contributed by atoms with E-state index in [0.29, 0.717) is 44.7 Å². The lowest BCUT2D eigenvalue weighted by molar-refractivity contribution is -0.136. The number of nitrogens with zero attached hydrogens (tertiary/aromatic N) is 4. The number of carbonyl (C=O) groups is 1. The highest BCUT2D eigenvalue weighted by molar-refractivity contribution is 5.76. The number of aromatic nitrogens is 2. The second-order valence-corrected chi connectivity index (χ2v) is 11.7. The van der Waals surface area contributed by atoms with Crippen LogP contribution in [0.3, 0.4) is 0 Å². The van der Waals surface area contributed by atoms with E-state index in [-0.39, 0.29) is 35.4 Å². The number of allylic oxidation sites excluding steroid dienone is 3. The molecule has 1 saturated carbocycles. The Kier molecular flexibility index (Phi) is 8.75. The summed E-state index contributed by atoms with van der Waals surface area (Å²) in [6.07, 6.45) is 9.32. The highest BCUT2D eigenvalue weighted by atomic mass is 19.1. The van der Waals surface area contributed by atoms with E-state index in [1.54, 1.807) is 41.0 Å². The normalized spacial score (nSPS) is 24.5. The van der Waals surface area contributed by atoms with Gasteiger partial charge in [-0.05, 0) is 56.0 Å². The number of hydrogen-bond donors (Lipinski definition) is 2. The molecule has 2 aromatic rings. The molecule has 2 atom stereocenters. The third-order valence-electron chi connectivity index (χ3n) is 9.13. The number of carbonyl (C=O) groups excluding carboxylic acids is 1. The summed E-state index contributed by atoms with van der Waals surface area (Å²) in [5.74, 6) is -0.878. The number of piperazine rings is 1. The van der Waals surface area contributed by atoms with Crippen LogP contribution in [0, 0.1) is 11.2 Å². The van der Waals surface area contributed by atoms with Crippen molar-refractivity contribution < 1.29 is 18.7 Å². The maximum atomic E-state index is 14.3. The van der Waals surface area contributed by atoms with Crippen molar-refractivity contribution >= 4 is 6.03 Å². The van der Waals surface area contributed by atoms with Crippen LogP contribution in [-0.4, -0.2) is 74.9 Å². The van der Waals surface area contributed by atoms with Gasteiger partial charge in [-0.25, -0.2) is 18.6 Å². The van der Waals surface area contributed by atoms with Crippen molar-refractivity contribution in [1.82, 2.24) is 24.7 Å². The minimum Gasteiger partial charge on any atom is -0.387 e. The number of rotatable bonds is 6. The van der Waals surface area contributed by atoms with Crippen LogP contribution in [0.25, 0.3) is 11.3 Å². The van der Waals surface area contributed by atoms with Crippen molar-refractivity contribution in [2.75, 3.05) is 32.7 Å². The lowest BCUT2D eigenvalue weighted by Gasteiger charge is -2.53. The fourth-order valence-corrected chi connectivity index (χ4v) is 6.83. The lowest BCUT2D eigenvalue weighted by Crippen LogP contribution is -2.65. The molecule has 1 spiro atoms. The van der Waals surface area contributed by atoms with E-state index < -0.39 is 22.7 Å². The summed E-state index contributed by atoms with van der Waals surface area (Å²) in [5.41, 5.74) is -1.18. The van der Waals surface area contributed by atoms with Crippen LogP contribution in [-0.2, 0) is 6.54 Å². The number of amides is 2. The van der Waals surface area contributed by atoms with Crippen LogP contribution in [0.2, 0.25) is 0 Å². The lowest BCUT2D eigenvalue weighted by atomic mass is 9.66. The standard InChI is InChI=1S/C32H39F2N5O3/c1-3-8-24(33)17-23(2)28-19-35-14-16-39(28)30(41)37-15-13-32(42,31(20-37)11-6-7-12-31)21-38-22-36-27(18-29(38)40)25-9-4-5-10-26(25)34/h3-5,8-10,17-18,22,28,35,42H,2,6-7,11-16,19-21H2,1H3/b8-3-,24-17+/t28-,32+/m0/s1. The van der Waals surface area contributed by atoms with Crippen LogP contribution in [0.5, 0.6) is 0 Å². The molecule has 42 heavy (non-hydrogen) atoms. The molecule has 1 aromatic carbocycles. The molecule has 0 radical (unpaired) electrons.